The first kappa shape index (κ1) is 9.31. The van der Waals surface area contributed by atoms with Gasteiger partial charge in [0.2, 0.25) is 0 Å². The van der Waals surface area contributed by atoms with Crippen LogP contribution < -0.4 is 0 Å². The molecule has 3 heteroatoms. The summed E-state index contributed by atoms with van der Waals surface area (Å²) in [5.41, 5.74) is 1.81. The van der Waals surface area contributed by atoms with Gasteiger partial charge >= 0.3 is 0 Å². The molecule has 1 fully saturated rings. The van der Waals surface area contributed by atoms with E-state index < -0.39 is 0 Å². The maximum Gasteiger partial charge on any atom is 0.141 e. The van der Waals surface area contributed by atoms with Crippen LogP contribution in [0.4, 0.5) is 0 Å². The van der Waals surface area contributed by atoms with Crippen LogP contribution in [0.3, 0.4) is 0 Å². The maximum atomic E-state index is 11.5. The number of aryl methyl sites for hydroxylation is 2. The van der Waals surface area contributed by atoms with Crippen LogP contribution in [-0.4, -0.2) is 15.8 Å². The lowest BCUT2D eigenvalue weighted by Crippen LogP contribution is -2.08. The summed E-state index contributed by atoms with van der Waals surface area (Å²) in [7, 11) is 0. The third-order valence-corrected chi connectivity index (χ3v) is 2.41. The van der Waals surface area contributed by atoms with E-state index in [1.54, 1.807) is 0 Å². The van der Waals surface area contributed by atoms with Crippen LogP contribution in [0, 0.1) is 19.8 Å². The molecule has 1 heterocycles. The van der Waals surface area contributed by atoms with Gasteiger partial charge in [0.15, 0.2) is 0 Å². The summed E-state index contributed by atoms with van der Waals surface area (Å²) >= 11 is 0. The number of hydrogen-bond donors (Lipinski definition) is 0. The molecule has 0 aromatic carbocycles. The largest absolute Gasteiger partial charge is 0.299 e. The molecule has 0 N–H and O–H groups in total. The van der Waals surface area contributed by atoms with Gasteiger partial charge in [-0.3, -0.25) is 4.79 Å². The predicted molar refractivity (Wildman–Crippen MR) is 52.9 cm³/mol. The normalized spacial score (nSPS) is 15.6. The molecule has 74 valence electrons. The van der Waals surface area contributed by atoms with Crippen molar-refractivity contribution >= 4 is 5.78 Å². The van der Waals surface area contributed by atoms with Crippen LogP contribution in [0.15, 0.2) is 6.07 Å². The molecule has 1 aliphatic rings. The van der Waals surface area contributed by atoms with Gasteiger partial charge in [-0.25, -0.2) is 9.97 Å². The average molecular weight is 190 g/mol. The predicted octanol–water partition coefficient (Wildman–Crippen LogP) is 1.62. The summed E-state index contributed by atoms with van der Waals surface area (Å²) < 4.78 is 0. The zero-order valence-corrected chi connectivity index (χ0v) is 8.58. The molecule has 0 spiro atoms. The lowest BCUT2D eigenvalue weighted by Gasteiger charge is -2.01. The minimum atomic E-state index is 0.325. The van der Waals surface area contributed by atoms with E-state index in [1.165, 1.54) is 0 Å². The second-order valence-electron chi connectivity index (χ2n) is 3.97. The highest BCUT2D eigenvalue weighted by Gasteiger charge is 2.29. The van der Waals surface area contributed by atoms with E-state index in [9.17, 15) is 4.79 Å². The number of hydrogen-bond acceptors (Lipinski definition) is 3. The van der Waals surface area contributed by atoms with Gasteiger partial charge in [0, 0.05) is 18.0 Å². The van der Waals surface area contributed by atoms with Crippen molar-refractivity contribution in [2.75, 3.05) is 0 Å². The van der Waals surface area contributed by atoms with Gasteiger partial charge < -0.3 is 0 Å². The van der Waals surface area contributed by atoms with Gasteiger partial charge in [0.25, 0.3) is 0 Å². The van der Waals surface area contributed by atoms with Crippen molar-refractivity contribution in [3.05, 3.63) is 23.3 Å². The summed E-state index contributed by atoms with van der Waals surface area (Å²) in [5.74, 6) is 1.41. The Morgan fingerprint density at radius 2 is 2.14 bits per heavy atom. The third kappa shape index (κ3) is 2.16. The minimum absolute atomic E-state index is 0.325. The van der Waals surface area contributed by atoms with Gasteiger partial charge in [-0.15, -0.1) is 0 Å². The minimum Gasteiger partial charge on any atom is -0.299 e. The number of nitrogens with zero attached hydrogens (tertiary/aromatic N) is 2. The van der Waals surface area contributed by atoms with Crippen molar-refractivity contribution in [1.29, 1.82) is 0 Å². The van der Waals surface area contributed by atoms with Crippen LogP contribution in [0.25, 0.3) is 0 Å². The molecule has 3 nitrogen and oxygen atoms in total. The molecule has 1 saturated carbocycles. The van der Waals surface area contributed by atoms with Crippen molar-refractivity contribution in [2.24, 2.45) is 5.92 Å². The Labute approximate surface area is 83.6 Å². The topological polar surface area (TPSA) is 42.9 Å². The highest BCUT2D eigenvalue weighted by atomic mass is 16.1. The smallest absolute Gasteiger partial charge is 0.141 e. The van der Waals surface area contributed by atoms with E-state index in [2.05, 4.69) is 9.97 Å². The third-order valence-electron chi connectivity index (χ3n) is 2.41. The molecule has 0 unspecified atom stereocenters. The summed E-state index contributed by atoms with van der Waals surface area (Å²) in [4.78, 5) is 20.0. The second-order valence-corrected chi connectivity index (χ2v) is 3.97. The molecule has 1 aliphatic carbocycles. The Hall–Kier alpha value is -1.25. The van der Waals surface area contributed by atoms with Crippen molar-refractivity contribution in [3.8, 4) is 0 Å². The molecule has 0 amide bonds. The standard InChI is InChI=1S/C11H14N2O/c1-7-5-10(13-8(2)12-7)6-11(14)9-3-4-9/h5,9H,3-4,6H2,1-2H3. The van der Waals surface area contributed by atoms with E-state index in [0.29, 0.717) is 18.1 Å². The average Bonchev–Trinajstić information content (AvgIpc) is 2.82. The van der Waals surface area contributed by atoms with Crippen molar-refractivity contribution in [2.45, 2.75) is 33.1 Å². The van der Waals surface area contributed by atoms with E-state index in [0.717, 1.165) is 30.1 Å². The fourth-order valence-corrected chi connectivity index (χ4v) is 1.61. The van der Waals surface area contributed by atoms with Gasteiger partial charge in [-0.2, -0.15) is 0 Å². The van der Waals surface area contributed by atoms with E-state index in [1.807, 2.05) is 19.9 Å². The van der Waals surface area contributed by atoms with Crippen LogP contribution in [0.1, 0.15) is 30.1 Å². The molecule has 2 rings (SSSR count). The summed E-state index contributed by atoms with van der Waals surface area (Å²) in [6, 6.07) is 1.90. The first-order valence-electron chi connectivity index (χ1n) is 4.99. The number of Topliss-reactive ketones (excluding diaryl/α,β-unsaturated/α-hetero) is 1. The van der Waals surface area contributed by atoms with Gasteiger partial charge in [-0.1, -0.05) is 0 Å². The SMILES string of the molecule is Cc1cc(CC(=O)C2CC2)nc(C)n1. The molecule has 14 heavy (non-hydrogen) atoms. The first-order chi connectivity index (χ1) is 6.65. The molecule has 1 aromatic heterocycles. The molecule has 1 aromatic rings. The van der Waals surface area contributed by atoms with Crippen molar-refractivity contribution < 1.29 is 4.79 Å². The Kier molecular flexibility index (Phi) is 2.32. The van der Waals surface area contributed by atoms with Gasteiger partial charge in [0.1, 0.15) is 11.6 Å². The number of rotatable bonds is 3. The fraction of sp³-hybridized carbons (Fsp3) is 0.545. The highest BCUT2D eigenvalue weighted by Crippen LogP contribution is 2.30. The Morgan fingerprint density at radius 1 is 1.43 bits per heavy atom. The van der Waals surface area contributed by atoms with E-state index in [-0.39, 0.29) is 0 Å². The Balaban J connectivity index is 2.11. The molecule has 0 atom stereocenters. The van der Waals surface area contributed by atoms with Gasteiger partial charge in [-0.05, 0) is 32.8 Å². The van der Waals surface area contributed by atoms with Gasteiger partial charge in [0.05, 0.1) is 5.69 Å². The molecular weight excluding hydrogens is 176 g/mol. The van der Waals surface area contributed by atoms with E-state index >= 15 is 0 Å². The molecule has 0 bridgehead atoms. The molecule has 0 aliphatic heterocycles. The molecule has 0 radical (unpaired) electrons. The highest BCUT2D eigenvalue weighted by molar-refractivity contribution is 5.84. The van der Waals surface area contributed by atoms with Crippen molar-refractivity contribution in [3.63, 3.8) is 0 Å². The summed E-state index contributed by atoms with van der Waals surface area (Å²) in [6.45, 7) is 3.79. The zero-order valence-electron chi connectivity index (χ0n) is 8.58. The first-order valence-corrected chi connectivity index (χ1v) is 4.99. The lowest BCUT2D eigenvalue weighted by atomic mass is 10.1. The summed E-state index contributed by atoms with van der Waals surface area (Å²) in [5, 5.41) is 0. The Morgan fingerprint density at radius 3 is 2.71 bits per heavy atom. The lowest BCUT2D eigenvalue weighted by molar-refractivity contribution is -0.119. The number of carbonyl (C=O) groups is 1. The van der Waals surface area contributed by atoms with Crippen molar-refractivity contribution in [1.82, 2.24) is 9.97 Å². The van der Waals surface area contributed by atoms with Crippen LogP contribution in [-0.2, 0) is 11.2 Å². The number of carbonyl (C=O) groups excluding carboxylic acids is 1. The number of aromatic nitrogens is 2. The van der Waals surface area contributed by atoms with E-state index in [4.69, 9.17) is 0 Å². The zero-order chi connectivity index (χ0) is 10.1. The monoisotopic (exact) mass is 190 g/mol. The van der Waals surface area contributed by atoms with Crippen LogP contribution in [0.5, 0.6) is 0 Å². The second kappa shape index (κ2) is 3.48. The maximum absolute atomic E-state index is 11.5. The Bertz CT molecular complexity index is 349. The fourth-order valence-electron chi connectivity index (χ4n) is 1.61. The quantitative estimate of drug-likeness (QED) is 0.727. The summed E-state index contributed by atoms with van der Waals surface area (Å²) in [6.07, 6.45) is 2.62. The van der Waals surface area contributed by atoms with Crippen LogP contribution >= 0.6 is 0 Å². The molecular formula is C11H14N2O. The van der Waals surface area contributed by atoms with Crippen LogP contribution in [0.2, 0.25) is 0 Å². The number of ketones is 1. The molecule has 0 saturated heterocycles.